The van der Waals surface area contributed by atoms with Crippen LogP contribution in [-0.2, 0) is 28.9 Å². The van der Waals surface area contributed by atoms with Gasteiger partial charge in [0.1, 0.15) is 0 Å². The summed E-state index contributed by atoms with van der Waals surface area (Å²) < 4.78 is 7.12. The predicted molar refractivity (Wildman–Crippen MR) is 75.7 cm³/mol. The molecule has 1 N–H and O–H groups in total. The van der Waals surface area contributed by atoms with Gasteiger partial charge in [-0.2, -0.15) is 0 Å². The van der Waals surface area contributed by atoms with Gasteiger partial charge in [0.2, 0.25) is 5.91 Å². The first-order chi connectivity index (χ1) is 9.63. The molecule has 0 saturated carbocycles. The Bertz CT molecular complexity index is 505. The van der Waals surface area contributed by atoms with Crippen molar-refractivity contribution < 1.29 is 14.3 Å². The molecule has 0 saturated heterocycles. The van der Waals surface area contributed by atoms with E-state index in [-0.39, 0.29) is 11.9 Å². The summed E-state index contributed by atoms with van der Waals surface area (Å²) in [7, 11) is 1.42. The Balaban J connectivity index is 1.99. The molecule has 0 radical (unpaired) electrons. The number of rotatable bonds is 6. The highest BCUT2D eigenvalue weighted by Crippen LogP contribution is 2.25. The van der Waals surface area contributed by atoms with Crippen LogP contribution in [0.5, 0.6) is 0 Å². The van der Waals surface area contributed by atoms with Crippen LogP contribution in [0.25, 0.3) is 0 Å². The third-order valence-electron chi connectivity index (χ3n) is 3.73. The molecule has 0 aromatic carbocycles. The molecular weight excluding hydrogens is 256 g/mol. The molecule has 0 spiro atoms. The number of amides is 1. The van der Waals surface area contributed by atoms with Gasteiger partial charge >= 0.3 is 5.97 Å². The normalized spacial score (nSPS) is 13.1. The Kier molecular flexibility index (Phi) is 4.82. The van der Waals surface area contributed by atoms with Crippen molar-refractivity contribution in [2.24, 2.45) is 0 Å². The van der Waals surface area contributed by atoms with E-state index in [4.69, 9.17) is 4.74 Å². The number of methoxy groups -OCH3 is 1. The number of fused-ring (bicyclic) bond motifs is 1. The van der Waals surface area contributed by atoms with Gasteiger partial charge in [0, 0.05) is 31.4 Å². The van der Waals surface area contributed by atoms with Crippen molar-refractivity contribution in [1.82, 2.24) is 9.88 Å². The number of hydrogen-bond acceptors (Lipinski definition) is 3. The van der Waals surface area contributed by atoms with Gasteiger partial charge in [0.15, 0.2) is 0 Å². The van der Waals surface area contributed by atoms with Crippen LogP contribution in [0, 0.1) is 0 Å². The molecule has 0 bridgehead atoms. The standard InChI is InChI=1S/C15H22N2O3/c1-11(18)16-8-4-3-7-14-13(15(19)20-2)10-12-6-5-9-17(12)14/h10H,3-9H2,1-2H3,(H,16,18). The predicted octanol–water partition coefficient (Wildman–Crippen LogP) is 1.68. The van der Waals surface area contributed by atoms with Gasteiger partial charge in [-0.15, -0.1) is 0 Å². The van der Waals surface area contributed by atoms with Crippen LogP contribution in [-0.4, -0.2) is 30.1 Å². The molecule has 2 heterocycles. The van der Waals surface area contributed by atoms with Crippen molar-refractivity contribution in [1.29, 1.82) is 0 Å². The molecule has 0 fully saturated rings. The zero-order valence-corrected chi connectivity index (χ0v) is 12.2. The largest absolute Gasteiger partial charge is 0.465 e. The lowest BCUT2D eigenvalue weighted by Gasteiger charge is -2.09. The molecule has 110 valence electrons. The van der Waals surface area contributed by atoms with E-state index in [1.165, 1.54) is 19.7 Å². The minimum absolute atomic E-state index is 0.00354. The number of carbonyl (C=O) groups is 2. The lowest BCUT2D eigenvalue weighted by atomic mass is 10.1. The highest BCUT2D eigenvalue weighted by Gasteiger charge is 2.23. The number of ether oxygens (including phenoxy) is 1. The zero-order valence-electron chi connectivity index (χ0n) is 12.2. The Morgan fingerprint density at radius 1 is 1.40 bits per heavy atom. The number of hydrogen-bond donors (Lipinski definition) is 1. The number of carbonyl (C=O) groups excluding carboxylic acids is 2. The highest BCUT2D eigenvalue weighted by atomic mass is 16.5. The van der Waals surface area contributed by atoms with Crippen molar-refractivity contribution in [3.05, 3.63) is 23.0 Å². The third kappa shape index (κ3) is 3.21. The Morgan fingerprint density at radius 3 is 2.90 bits per heavy atom. The molecule has 20 heavy (non-hydrogen) atoms. The molecule has 5 heteroatoms. The topological polar surface area (TPSA) is 60.3 Å². The summed E-state index contributed by atoms with van der Waals surface area (Å²) in [6, 6.07) is 1.97. The van der Waals surface area contributed by atoms with E-state index in [1.807, 2.05) is 6.07 Å². The monoisotopic (exact) mass is 278 g/mol. The van der Waals surface area contributed by atoms with Crippen LogP contribution in [0.15, 0.2) is 6.07 Å². The summed E-state index contributed by atoms with van der Waals surface area (Å²) in [6.07, 6.45) is 4.91. The molecule has 5 nitrogen and oxygen atoms in total. The molecular formula is C15H22N2O3. The second kappa shape index (κ2) is 6.59. The van der Waals surface area contributed by atoms with Gasteiger partial charge in [-0.3, -0.25) is 4.79 Å². The van der Waals surface area contributed by atoms with Gasteiger partial charge < -0.3 is 14.6 Å². The second-order valence-electron chi connectivity index (χ2n) is 5.18. The minimum atomic E-state index is -0.247. The average molecular weight is 278 g/mol. The molecule has 1 aliphatic rings. The molecule has 1 amide bonds. The lowest BCUT2D eigenvalue weighted by molar-refractivity contribution is -0.118. The van der Waals surface area contributed by atoms with Crippen LogP contribution in [0.3, 0.4) is 0 Å². The van der Waals surface area contributed by atoms with E-state index in [0.717, 1.165) is 44.3 Å². The summed E-state index contributed by atoms with van der Waals surface area (Å²) in [6.45, 7) is 3.21. The van der Waals surface area contributed by atoms with Gasteiger partial charge in [0.05, 0.1) is 12.7 Å². The molecule has 0 unspecified atom stereocenters. The van der Waals surface area contributed by atoms with Crippen molar-refractivity contribution >= 4 is 11.9 Å². The smallest absolute Gasteiger partial charge is 0.339 e. The number of unbranched alkanes of at least 4 members (excludes halogenated alkanes) is 1. The maximum Gasteiger partial charge on any atom is 0.339 e. The van der Waals surface area contributed by atoms with Gasteiger partial charge in [-0.05, 0) is 38.2 Å². The van der Waals surface area contributed by atoms with Crippen LogP contribution >= 0.6 is 0 Å². The van der Waals surface area contributed by atoms with E-state index in [1.54, 1.807) is 0 Å². The Labute approximate surface area is 119 Å². The van der Waals surface area contributed by atoms with Crippen LogP contribution in [0.2, 0.25) is 0 Å². The molecule has 1 aromatic rings. The first-order valence-corrected chi connectivity index (χ1v) is 7.17. The van der Waals surface area contributed by atoms with Gasteiger partial charge in [-0.1, -0.05) is 0 Å². The molecule has 0 aliphatic carbocycles. The van der Waals surface area contributed by atoms with E-state index in [2.05, 4.69) is 9.88 Å². The number of esters is 1. The maximum atomic E-state index is 11.8. The molecule has 2 rings (SSSR count). The number of nitrogens with one attached hydrogen (secondary N) is 1. The fraction of sp³-hybridized carbons (Fsp3) is 0.600. The molecule has 1 aliphatic heterocycles. The number of nitrogens with zero attached hydrogens (tertiary/aromatic N) is 1. The summed E-state index contributed by atoms with van der Waals surface area (Å²) in [5, 5.41) is 2.79. The van der Waals surface area contributed by atoms with Crippen LogP contribution < -0.4 is 5.32 Å². The quantitative estimate of drug-likeness (QED) is 0.636. The van der Waals surface area contributed by atoms with Crippen LogP contribution in [0.1, 0.15) is 47.9 Å². The van der Waals surface area contributed by atoms with Gasteiger partial charge in [0.25, 0.3) is 0 Å². The average Bonchev–Trinajstić information content (AvgIpc) is 2.99. The minimum Gasteiger partial charge on any atom is -0.465 e. The summed E-state index contributed by atoms with van der Waals surface area (Å²) >= 11 is 0. The molecule has 0 atom stereocenters. The van der Waals surface area contributed by atoms with Crippen molar-refractivity contribution in [3.8, 4) is 0 Å². The van der Waals surface area contributed by atoms with Crippen LogP contribution in [0.4, 0.5) is 0 Å². The number of aryl methyl sites for hydroxylation is 1. The summed E-state index contributed by atoms with van der Waals surface area (Å²) in [5.74, 6) is -0.243. The third-order valence-corrected chi connectivity index (χ3v) is 3.73. The first-order valence-electron chi connectivity index (χ1n) is 7.17. The highest BCUT2D eigenvalue weighted by molar-refractivity contribution is 5.91. The van der Waals surface area contributed by atoms with E-state index < -0.39 is 0 Å². The lowest BCUT2D eigenvalue weighted by Crippen LogP contribution is -2.21. The van der Waals surface area contributed by atoms with Gasteiger partial charge in [-0.25, -0.2) is 4.79 Å². The summed E-state index contributed by atoms with van der Waals surface area (Å²) in [5.41, 5.74) is 3.04. The number of aromatic nitrogens is 1. The zero-order chi connectivity index (χ0) is 14.5. The molecule has 1 aromatic heterocycles. The Hall–Kier alpha value is -1.78. The van der Waals surface area contributed by atoms with Crippen molar-refractivity contribution in [2.45, 2.75) is 45.6 Å². The van der Waals surface area contributed by atoms with E-state index in [0.29, 0.717) is 12.1 Å². The summed E-state index contributed by atoms with van der Waals surface area (Å²) in [4.78, 5) is 22.6. The van der Waals surface area contributed by atoms with Crippen molar-refractivity contribution in [2.75, 3.05) is 13.7 Å². The van der Waals surface area contributed by atoms with E-state index in [9.17, 15) is 9.59 Å². The van der Waals surface area contributed by atoms with E-state index >= 15 is 0 Å². The second-order valence-corrected chi connectivity index (χ2v) is 5.18. The fourth-order valence-corrected chi connectivity index (χ4v) is 2.79. The maximum absolute atomic E-state index is 11.8. The fourth-order valence-electron chi connectivity index (χ4n) is 2.79. The first kappa shape index (κ1) is 14.6. The van der Waals surface area contributed by atoms with Crippen molar-refractivity contribution in [3.63, 3.8) is 0 Å². The Morgan fingerprint density at radius 2 is 2.20 bits per heavy atom. The SMILES string of the molecule is COC(=O)c1cc2n(c1CCCCNC(C)=O)CCC2.